The molecule has 2 heteroatoms. The summed E-state index contributed by atoms with van der Waals surface area (Å²) in [5.41, 5.74) is 4.53. The van der Waals surface area contributed by atoms with E-state index in [0.717, 1.165) is 11.1 Å². The molecule has 2 rings (SSSR count). The molecule has 94 valence electrons. The van der Waals surface area contributed by atoms with Crippen molar-refractivity contribution in [3.05, 3.63) is 52.5 Å². The summed E-state index contributed by atoms with van der Waals surface area (Å²) in [4.78, 5) is 0. The van der Waals surface area contributed by atoms with Gasteiger partial charge < -0.3 is 0 Å². The Hall–Kier alpha value is -1.41. The lowest BCUT2D eigenvalue weighted by molar-refractivity contribution is 0.590. The van der Waals surface area contributed by atoms with E-state index in [1.807, 2.05) is 12.1 Å². The molecule has 0 atom stereocenters. The van der Waals surface area contributed by atoms with Crippen LogP contribution in [0.2, 0.25) is 0 Å². The van der Waals surface area contributed by atoms with Crippen LogP contribution in [0.4, 0.5) is 4.39 Å². The van der Waals surface area contributed by atoms with Crippen LogP contribution in [0.5, 0.6) is 0 Å². The van der Waals surface area contributed by atoms with Crippen molar-refractivity contribution in [2.75, 3.05) is 0 Å². The van der Waals surface area contributed by atoms with Gasteiger partial charge in [0.15, 0.2) is 0 Å². The van der Waals surface area contributed by atoms with Gasteiger partial charge in [-0.3, -0.25) is 0 Å². The molecule has 0 aliphatic rings. The van der Waals surface area contributed by atoms with Crippen LogP contribution < -0.4 is 0 Å². The van der Waals surface area contributed by atoms with Gasteiger partial charge >= 0.3 is 0 Å². The highest BCUT2D eigenvalue weighted by Gasteiger charge is 2.15. The van der Waals surface area contributed by atoms with Crippen LogP contribution in [0.1, 0.15) is 31.9 Å². The van der Waals surface area contributed by atoms with Crippen LogP contribution in [0.25, 0.3) is 17.2 Å². The van der Waals surface area contributed by atoms with Crippen molar-refractivity contribution in [2.24, 2.45) is 0 Å². The zero-order valence-corrected chi connectivity index (χ0v) is 11.7. The second-order valence-corrected chi connectivity index (χ2v) is 6.18. The Morgan fingerprint density at radius 1 is 1.11 bits per heavy atom. The Balaban J connectivity index is 2.57. The van der Waals surface area contributed by atoms with E-state index in [1.54, 1.807) is 11.3 Å². The average Bonchev–Trinajstić information content (AvgIpc) is 2.81. The topological polar surface area (TPSA) is 0 Å². The summed E-state index contributed by atoms with van der Waals surface area (Å²) in [5.74, 6) is 0. The monoisotopic (exact) mass is 260 g/mol. The molecule has 0 amide bonds. The van der Waals surface area contributed by atoms with Crippen molar-refractivity contribution in [2.45, 2.75) is 26.2 Å². The van der Waals surface area contributed by atoms with E-state index in [2.05, 4.69) is 43.7 Å². The van der Waals surface area contributed by atoms with Crippen LogP contribution in [0.3, 0.4) is 0 Å². The standard InChI is InChI=1S/C16H17FS/c1-16(2,3)15-9-12(4-6-17)8-14(10-15)13-5-7-18-11-13/h4-11H,1-3H3/b6-4+. The van der Waals surface area contributed by atoms with Crippen molar-refractivity contribution in [3.8, 4) is 11.1 Å². The van der Waals surface area contributed by atoms with E-state index in [1.165, 1.54) is 17.2 Å². The molecule has 0 spiro atoms. The maximum atomic E-state index is 12.4. The highest BCUT2D eigenvalue weighted by Crippen LogP contribution is 2.30. The van der Waals surface area contributed by atoms with Crippen molar-refractivity contribution in [1.29, 1.82) is 0 Å². The van der Waals surface area contributed by atoms with E-state index < -0.39 is 0 Å². The molecule has 0 saturated heterocycles. The minimum Gasteiger partial charge on any atom is -0.216 e. The molecule has 0 unspecified atom stereocenters. The highest BCUT2D eigenvalue weighted by molar-refractivity contribution is 7.08. The molecular weight excluding hydrogens is 243 g/mol. The molecule has 0 saturated carbocycles. The maximum Gasteiger partial charge on any atom is 0.0872 e. The summed E-state index contributed by atoms with van der Waals surface area (Å²) in [7, 11) is 0. The van der Waals surface area contributed by atoms with Crippen molar-refractivity contribution < 1.29 is 4.39 Å². The molecule has 0 aliphatic heterocycles. The predicted molar refractivity (Wildman–Crippen MR) is 78.6 cm³/mol. The third-order valence-corrected chi connectivity index (χ3v) is 3.61. The lowest BCUT2D eigenvalue weighted by Crippen LogP contribution is -2.11. The van der Waals surface area contributed by atoms with Gasteiger partial charge in [0.1, 0.15) is 0 Å². The highest BCUT2D eigenvalue weighted by atomic mass is 32.1. The molecule has 1 aromatic carbocycles. The average molecular weight is 260 g/mol. The lowest BCUT2D eigenvalue weighted by Gasteiger charge is -2.20. The largest absolute Gasteiger partial charge is 0.216 e. The molecule has 2 aromatic rings. The van der Waals surface area contributed by atoms with E-state index in [-0.39, 0.29) is 5.41 Å². The molecular formula is C16H17FS. The SMILES string of the molecule is CC(C)(C)c1cc(/C=C/F)cc(-c2ccsc2)c1. The molecule has 0 aliphatic carbocycles. The summed E-state index contributed by atoms with van der Waals surface area (Å²) >= 11 is 1.67. The Morgan fingerprint density at radius 2 is 1.89 bits per heavy atom. The van der Waals surface area contributed by atoms with Crippen LogP contribution in [-0.2, 0) is 5.41 Å². The fourth-order valence-electron chi connectivity index (χ4n) is 1.85. The molecule has 0 nitrogen and oxygen atoms in total. The van der Waals surface area contributed by atoms with Gasteiger partial charge in [-0.1, -0.05) is 32.9 Å². The summed E-state index contributed by atoms with van der Waals surface area (Å²) in [6.45, 7) is 6.51. The fraction of sp³-hybridized carbons (Fsp3) is 0.250. The minimum atomic E-state index is 0.0605. The van der Waals surface area contributed by atoms with Gasteiger partial charge in [-0.05, 0) is 56.6 Å². The Labute approximate surface area is 112 Å². The first-order valence-electron chi connectivity index (χ1n) is 5.95. The number of thiophene rings is 1. The van der Waals surface area contributed by atoms with Gasteiger partial charge in [-0.15, -0.1) is 0 Å². The van der Waals surface area contributed by atoms with Crippen molar-refractivity contribution in [3.63, 3.8) is 0 Å². The third-order valence-electron chi connectivity index (χ3n) is 2.93. The van der Waals surface area contributed by atoms with Gasteiger partial charge in [0.25, 0.3) is 0 Å². The molecule has 18 heavy (non-hydrogen) atoms. The Bertz CT molecular complexity index is 545. The lowest BCUT2D eigenvalue weighted by atomic mass is 9.84. The third kappa shape index (κ3) is 2.88. The molecule has 0 fully saturated rings. The van der Waals surface area contributed by atoms with Crippen LogP contribution in [0, 0.1) is 0 Å². The normalized spacial score (nSPS) is 12.2. The number of hydrogen-bond donors (Lipinski definition) is 0. The van der Waals surface area contributed by atoms with Crippen molar-refractivity contribution >= 4 is 17.4 Å². The molecule has 1 heterocycles. The number of rotatable bonds is 2. The molecule has 1 aromatic heterocycles. The first-order chi connectivity index (χ1) is 8.50. The fourth-order valence-corrected chi connectivity index (χ4v) is 2.51. The number of halogens is 1. The first-order valence-corrected chi connectivity index (χ1v) is 6.90. The minimum absolute atomic E-state index is 0.0605. The Morgan fingerprint density at radius 3 is 2.44 bits per heavy atom. The summed E-state index contributed by atoms with van der Waals surface area (Å²) in [6, 6.07) is 8.35. The van der Waals surface area contributed by atoms with Gasteiger partial charge in [-0.2, -0.15) is 11.3 Å². The number of benzene rings is 1. The smallest absolute Gasteiger partial charge is 0.0872 e. The summed E-state index contributed by atoms with van der Waals surface area (Å²) in [6.07, 6.45) is 2.10. The second-order valence-electron chi connectivity index (χ2n) is 5.40. The Kier molecular flexibility index (Phi) is 3.67. The maximum absolute atomic E-state index is 12.4. The van der Waals surface area contributed by atoms with Crippen LogP contribution in [0.15, 0.2) is 41.4 Å². The number of hydrogen-bond acceptors (Lipinski definition) is 1. The van der Waals surface area contributed by atoms with Gasteiger partial charge in [-0.25, -0.2) is 4.39 Å². The van der Waals surface area contributed by atoms with E-state index in [9.17, 15) is 4.39 Å². The predicted octanol–water partition coefficient (Wildman–Crippen LogP) is 5.65. The van der Waals surface area contributed by atoms with E-state index in [4.69, 9.17) is 0 Å². The van der Waals surface area contributed by atoms with E-state index >= 15 is 0 Å². The van der Waals surface area contributed by atoms with Gasteiger partial charge in [0.2, 0.25) is 0 Å². The van der Waals surface area contributed by atoms with Crippen LogP contribution in [-0.4, -0.2) is 0 Å². The zero-order valence-electron chi connectivity index (χ0n) is 10.9. The zero-order chi connectivity index (χ0) is 13.2. The summed E-state index contributed by atoms with van der Waals surface area (Å²) < 4.78 is 12.4. The molecule has 0 N–H and O–H groups in total. The summed E-state index contributed by atoms with van der Waals surface area (Å²) in [5, 5.41) is 4.18. The van der Waals surface area contributed by atoms with Gasteiger partial charge in [0, 0.05) is 0 Å². The second kappa shape index (κ2) is 5.07. The van der Waals surface area contributed by atoms with E-state index in [0.29, 0.717) is 6.33 Å². The van der Waals surface area contributed by atoms with Gasteiger partial charge in [0.05, 0.1) is 6.33 Å². The molecule has 0 bridgehead atoms. The molecule has 0 radical (unpaired) electrons. The first kappa shape index (κ1) is 13.0. The van der Waals surface area contributed by atoms with Crippen molar-refractivity contribution in [1.82, 2.24) is 0 Å². The quantitative estimate of drug-likeness (QED) is 0.654. The van der Waals surface area contributed by atoms with Crippen LogP contribution >= 0.6 is 11.3 Å².